The number of hydrogen-bond acceptors (Lipinski definition) is 3. The van der Waals surface area contributed by atoms with E-state index in [1.165, 1.54) is 12.1 Å². The number of benzene rings is 1. The van der Waals surface area contributed by atoms with Crippen LogP contribution in [0.5, 0.6) is 11.5 Å². The average Bonchev–Trinajstić information content (AvgIpc) is 2.27. The van der Waals surface area contributed by atoms with Crippen LogP contribution in [0.15, 0.2) is 18.2 Å². The lowest BCUT2D eigenvalue weighted by Crippen LogP contribution is -2.27. The van der Waals surface area contributed by atoms with E-state index in [-0.39, 0.29) is 11.5 Å². The number of unbranched alkanes of at least 4 members (excludes halogenated alkanes) is 2. The number of hydrogen-bond donors (Lipinski definition) is 1. The average molecular weight is 276 g/mol. The minimum absolute atomic E-state index is 0.223. The lowest BCUT2D eigenvalue weighted by molar-refractivity contribution is -0.189. The van der Waals surface area contributed by atoms with E-state index < -0.39 is 12.1 Å². The molecule has 0 aliphatic carbocycles. The maximum absolute atomic E-state index is 12.0. The third-order valence-electron chi connectivity index (χ3n) is 2.46. The molecule has 19 heavy (non-hydrogen) atoms. The Labute approximate surface area is 109 Å². The molecule has 1 aromatic carbocycles. The minimum atomic E-state index is -5.05. The highest BCUT2D eigenvalue weighted by atomic mass is 19.4. The topological polar surface area (TPSA) is 46.5 Å². The molecule has 0 saturated heterocycles. The smallest absolute Gasteiger partial charge is 0.491 e. The fraction of sp³-hybridized carbons (Fsp3) is 0.462. The van der Waals surface area contributed by atoms with Gasteiger partial charge in [-0.15, -0.1) is 0 Å². The fourth-order valence-electron chi connectivity index (χ4n) is 1.59. The predicted molar refractivity (Wildman–Crippen MR) is 63.0 cm³/mol. The van der Waals surface area contributed by atoms with Crippen molar-refractivity contribution in [2.75, 3.05) is 0 Å². The van der Waals surface area contributed by atoms with Crippen LogP contribution < -0.4 is 4.74 Å². The molecule has 0 amide bonds. The van der Waals surface area contributed by atoms with Crippen LogP contribution >= 0.6 is 0 Å². The molecule has 0 aliphatic heterocycles. The second-order valence-electron chi connectivity index (χ2n) is 4.18. The monoisotopic (exact) mass is 276 g/mol. The van der Waals surface area contributed by atoms with Gasteiger partial charge < -0.3 is 9.84 Å². The van der Waals surface area contributed by atoms with Crippen molar-refractivity contribution in [1.82, 2.24) is 0 Å². The molecule has 0 fully saturated rings. The number of halogens is 3. The van der Waals surface area contributed by atoms with E-state index in [2.05, 4.69) is 4.74 Å². The largest absolute Gasteiger partial charge is 0.508 e. The van der Waals surface area contributed by atoms with Crippen molar-refractivity contribution in [3.8, 4) is 11.5 Å². The minimum Gasteiger partial charge on any atom is -0.508 e. The molecular weight excluding hydrogens is 261 g/mol. The summed E-state index contributed by atoms with van der Waals surface area (Å²) in [6.45, 7) is 2.03. The second kappa shape index (κ2) is 6.45. The molecule has 1 aromatic rings. The number of rotatable bonds is 5. The molecule has 0 aromatic heterocycles. The van der Waals surface area contributed by atoms with Crippen molar-refractivity contribution >= 4 is 5.97 Å². The summed E-state index contributed by atoms with van der Waals surface area (Å²) in [4.78, 5) is 10.7. The Bertz CT molecular complexity index is 441. The lowest BCUT2D eigenvalue weighted by Gasteiger charge is -2.09. The first-order chi connectivity index (χ1) is 8.82. The quantitative estimate of drug-likeness (QED) is 0.508. The number of esters is 1. The molecule has 1 rings (SSSR count). The van der Waals surface area contributed by atoms with Crippen molar-refractivity contribution in [3.63, 3.8) is 0 Å². The zero-order valence-corrected chi connectivity index (χ0v) is 10.5. The molecule has 3 nitrogen and oxygen atoms in total. The summed E-state index contributed by atoms with van der Waals surface area (Å²) in [7, 11) is 0. The van der Waals surface area contributed by atoms with E-state index in [0.29, 0.717) is 12.0 Å². The Morgan fingerprint density at radius 2 is 1.95 bits per heavy atom. The molecule has 0 atom stereocenters. The number of aromatic hydroxyl groups is 1. The van der Waals surface area contributed by atoms with Gasteiger partial charge in [-0.1, -0.05) is 19.8 Å². The van der Waals surface area contributed by atoms with Crippen LogP contribution in [-0.2, 0) is 11.2 Å². The van der Waals surface area contributed by atoms with Gasteiger partial charge >= 0.3 is 12.1 Å². The van der Waals surface area contributed by atoms with E-state index in [9.17, 15) is 23.1 Å². The van der Waals surface area contributed by atoms with E-state index >= 15 is 0 Å². The number of carbonyl (C=O) groups is 1. The number of alkyl halides is 3. The first-order valence-corrected chi connectivity index (χ1v) is 5.95. The highest BCUT2D eigenvalue weighted by Crippen LogP contribution is 2.25. The van der Waals surface area contributed by atoms with Gasteiger partial charge in [-0.3, -0.25) is 0 Å². The molecule has 1 N–H and O–H groups in total. The summed E-state index contributed by atoms with van der Waals surface area (Å²) in [6.07, 6.45) is -1.60. The summed E-state index contributed by atoms with van der Waals surface area (Å²) >= 11 is 0. The molecule has 0 radical (unpaired) electrons. The van der Waals surface area contributed by atoms with Gasteiger partial charge in [0, 0.05) is 6.07 Å². The van der Waals surface area contributed by atoms with Gasteiger partial charge in [-0.2, -0.15) is 13.2 Å². The van der Waals surface area contributed by atoms with Crippen LogP contribution in [0, 0.1) is 0 Å². The van der Waals surface area contributed by atoms with Crippen LogP contribution in [0.25, 0.3) is 0 Å². The Kier molecular flexibility index (Phi) is 5.20. The van der Waals surface area contributed by atoms with Gasteiger partial charge in [0.1, 0.15) is 11.5 Å². The number of phenols is 1. The summed E-state index contributed by atoms with van der Waals surface area (Å²) in [5.74, 6) is -2.81. The molecule has 0 unspecified atom stereocenters. The fourth-order valence-corrected chi connectivity index (χ4v) is 1.59. The van der Waals surface area contributed by atoms with Crippen LogP contribution in [0.2, 0.25) is 0 Å². The van der Waals surface area contributed by atoms with E-state index in [1.807, 2.05) is 6.92 Å². The maximum atomic E-state index is 12.0. The summed E-state index contributed by atoms with van der Waals surface area (Å²) in [5, 5.41) is 9.39. The zero-order chi connectivity index (χ0) is 14.5. The normalized spacial score (nSPS) is 11.4. The third kappa shape index (κ3) is 5.19. The standard InChI is InChI=1S/C13H15F3O3/c1-2-3-4-5-9-6-10(17)8-11(7-9)19-12(18)13(14,15)16/h6-8,17H,2-5H2,1H3. The van der Waals surface area contributed by atoms with Crippen LogP contribution in [0.4, 0.5) is 13.2 Å². The SMILES string of the molecule is CCCCCc1cc(O)cc(OC(=O)C(F)(F)F)c1. The number of phenolic OH excluding ortho intramolecular Hbond substituents is 1. The maximum Gasteiger partial charge on any atom is 0.491 e. The lowest BCUT2D eigenvalue weighted by atomic mass is 10.1. The van der Waals surface area contributed by atoms with Crippen molar-refractivity contribution in [1.29, 1.82) is 0 Å². The first kappa shape index (κ1) is 15.3. The van der Waals surface area contributed by atoms with Gasteiger partial charge in [-0.05, 0) is 30.5 Å². The molecule has 0 bridgehead atoms. The second-order valence-corrected chi connectivity index (χ2v) is 4.18. The Morgan fingerprint density at radius 1 is 1.26 bits per heavy atom. The van der Waals surface area contributed by atoms with Gasteiger partial charge in [0.05, 0.1) is 0 Å². The van der Waals surface area contributed by atoms with Crippen LogP contribution in [0.3, 0.4) is 0 Å². The molecule has 0 aliphatic rings. The van der Waals surface area contributed by atoms with Gasteiger partial charge in [0.25, 0.3) is 0 Å². The molecule has 0 saturated carbocycles. The highest BCUT2D eigenvalue weighted by Gasteiger charge is 2.41. The Morgan fingerprint density at radius 3 is 2.53 bits per heavy atom. The molecule has 6 heteroatoms. The Hall–Kier alpha value is -1.72. The van der Waals surface area contributed by atoms with Gasteiger partial charge in [0.2, 0.25) is 0 Å². The van der Waals surface area contributed by atoms with Crippen molar-refractivity contribution in [3.05, 3.63) is 23.8 Å². The van der Waals surface area contributed by atoms with E-state index in [4.69, 9.17) is 0 Å². The summed E-state index contributed by atoms with van der Waals surface area (Å²) in [6, 6.07) is 3.76. The first-order valence-electron chi connectivity index (χ1n) is 5.95. The summed E-state index contributed by atoms with van der Waals surface area (Å²) < 4.78 is 40.3. The molecule has 106 valence electrons. The molecule has 0 spiro atoms. The predicted octanol–water partition coefficient (Wildman–Crippen LogP) is 3.59. The summed E-state index contributed by atoms with van der Waals surface area (Å²) in [5.41, 5.74) is 0.637. The van der Waals surface area contributed by atoms with E-state index in [0.717, 1.165) is 25.3 Å². The number of aryl methyl sites for hydroxylation is 1. The molecule has 0 heterocycles. The Balaban J connectivity index is 2.76. The van der Waals surface area contributed by atoms with Crippen LogP contribution in [0.1, 0.15) is 31.7 Å². The third-order valence-corrected chi connectivity index (χ3v) is 2.46. The van der Waals surface area contributed by atoms with Crippen molar-refractivity contribution in [2.45, 2.75) is 38.8 Å². The van der Waals surface area contributed by atoms with Gasteiger partial charge in [0.15, 0.2) is 0 Å². The van der Waals surface area contributed by atoms with Crippen molar-refractivity contribution in [2.24, 2.45) is 0 Å². The zero-order valence-electron chi connectivity index (χ0n) is 10.5. The van der Waals surface area contributed by atoms with Gasteiger partial charge in [-0.25, -0.2) is 4.79 Å². The number of carbonyl (C=O) groups excluding carboxylic acids is 1. The van der Waals surface area contributed by atoms with E-state index in [1.54, 1.807) is 0 Å². The highest BCUT2D eigenvalue weighted by molar-refractivity contribution is 5.78. The van der Waals surface area contributed by atoms with Crippen molar-refractivity contribution < 1.29 is 27.8 Å². The van der Waals surface area contributed by atoms with Crippen LogP contribution in [-0.4, -0.2) is 17.3 Å². The number of ether oxygens (including phenoxy) is 1. The molecular formula is C13H15F3O3.